The number of alkyl halides is 3. The number of methoxy groups -OCH3 is 1. The third-order valence-electron chi connectivity index (χ3n) is 4.24. The van der Waals surface area contributed by atoms with Crippen LogP contribution < -0.4 is 10.1 Å². The number of carbonyl (C=O) groups excluding carboxylic acids is 1. The molecule has 0 aromatic heterocycles. The number of amides is 1. The molecule has 1 aliphatic rings. The molecule has 0 spiro atoms. The van der Waals surface area contributed by atoms with Crippen molar-refractivity contribution < 1.29 is 22.7 Å². The number of thioether (sulfide) groups is 1. The van der Waals surface area contributed by atoms with Gasteiger partial charge in [0.25, 0.3) is 5.91 Å². The Kier molecular flexibility index (Phi) is 5.49. The predicted molar refractivity (Wildman–Crippen MR) is 84.0 cm³/mol. The largest absolute Gasteiger partial charge is 0.496 e. The summed E-state index contributed by atoms with van der Waals surface area (Å²) in [5, 5.41) is 2.94. The molecule has 0 aliphatic heterocycles. The third-order valence-corrected chi connectivity index (χ3v) is 5.00. The quantitative estimate of drug-likeness (QED) is 0.823. The van der Waals surface area contributed by atoms with Crippen molar-refractivity contribution in [3.05, 3.63) is 23.3 Å². The van der Waals surface area contributed by atoms with Gasteiger partial charge in [-0.3, -0.25) is 4.79 Å². The molecule has 2 rings (SSSR count). The van der Waals surface area contributed by atoms with Crippen LogP contribution in [0.2, 0.25) is 0 Å². The highest BCUT2D eigenvalue weighted by Crippen LogP contribution is 2.38. The molecule has 1 fully saturated rings. The van der Waals surface area contributed by atoms with Crippen molar-refractivity contribution in [2.75, 3.05) is 13.4 Å². The fraction of sp³-hybridized carbons (Fsp3) is 0.562. The minimum absolute atomic E-state index is 0.0488. The number of nitrogens with one attached hydrogen (secondary N) is 1. The number of halogens is 3. The number of hydrogen-bond donors (Lipinski definition) is 1. The highest BCUT2D eigenvalue weighted by atomic mass is 32.2. The first-order valence-corrected chi connectivity index (χ1v) is 8.64. The Labute approximate surface area is 138 Å². The summed E-state index contributed by atoms with van der Waals surface area (Å²) in [4.78, 5) is 12.8. The lowest BCUT2D eigenvalue weighted by atomic mass is 10.0. The second-order valence-corrected chi connectivity index (χ2v) is 6.59. The lowest BCUT2D eigenvalue weighted by molar-refractivity contribution is -0.137. The van der Waals surface area contributed by atoms with E-state index < -0.39 is 11.7 Å². The Morgan fingerprint density at radius 3 is 2.52 bits per heavy atom. The van der Waals surface area contributed by atoms with Crippen LogP contribution in [0.4, 0.5) is 13.2 Å². The van der Waals surface area contributed by atoms with E-state index in [4.69, 9.17) is 4.74 Å². The van der Waals surface area contributed by atoms with Gasteiger partial charge in [-0.05, 0) is 37.1 Å². The second-order valence-electron chi connectivity index (χ2n) is 5.74. The van der Waals surface area contributed by atoms with Gasteiger partial charge < -0.3 is 10.1 Å². The molecule has 2 atom stereocenters. The van der Waals surface area contributed by atoms with E-state index in [1.807, 2.05) is 0 Å². The standard InChI is InChI=1S/C16H20F3NO2S/c1-9-5-4-6-11(9)20-15(21)14-12(22-2)7-10(16(17,18)19)8-13(14)23-3/h7-9,11H,4-6H2,1-3H3,(H,20,21)/t9-,11+/m1/s1. The second kappa shape index (κ2) is 7.03. The van der Waals surface area contributed by atoms with Crippen LogP contribution in [-0.2, 0) is 6.18 Å². The maximum Gasteiger partial charge on any atom is 0.416 e. The van der Waals surface area contributed by atoms with Gasteiger partial charge in [0, 0.05) is 10.9 Å². The van der Waals surface area contributed by atoms with E-state index in [0.29, 0.717) is 5.92 Å². The summed E-state index contributed by atoms with van der Waals surface area (Å²) in [7, 11) is 1.27. The number of benzene rings is 1. The van der Waals surface area contributed by atoms with Crippen LogP contribution in [0.15, 0.2) is 17.0 Å². The Hall–Kier alpha value is -1.37. The molecule has 0 saturated heterocycles. The Morgan fingerprint density at radius 2 is 2.04 bits per heavy atom. The van der Waals surface area contributed by atoms with Crippen molar-refractivity contribution in [1.82, 2.24) is 5.32 Å². The fourth-order valence-corrected chi connectivity index (χ4v) is 3.54. The summed E-state index contributed by atoms with van der Waals surface area (Å²) in [5.74, 6) is -0.0527. The van der Waals surface area contributed by atoms with Gasteiger partial charge in [-0.1, -0.05) is 13.3 Å². The molecule has 1 aliphatic carbocycles. The van der Waals surface area contributed by atoms with Crippen molar-refractivity contribution in [3.8, 4) is 5.75 Å². The van der Waals surface area contributed by atoms with Gasteiger partial charge in [-0.25, -0.2) is 0 Å². The zero-order valence-electron chi connectivity index (χ0n) is 13.3. The molecule has 1 amide bonds. The minimum Gasteiger partial charge on any atom is -0.496 e. The average molecular weight is 347 g/mol. The lowest BCUT2D eigenvalue weighted by Crippen LogP contribution is -2.36. The molecule has 1 N–H and O–H groups in total. The molecule has 1 aromatic carbocycles. The van der Waals surface area contributed by atoms with Crippen LogP contribution in [0, 0.1) is 5.92 Å². The summed E-state index contributed by atoms with van der Waals surface area (Å²) in [6.07, 6.45) is 0.150. The summed E-state index contributed by atoms with van der Waals surface area (Å²) in [6.45, 7) is 2.07. The smallest absolute Gasteiger partial charge is 0.416 e. The predicted octanol–water partition coefficient (Wildman–Crippen LogP) is 4.35. The minimum atomic E-state index is -4.48. The molecule has 7 heteroatoms. The Balaban J connectivity index is 2.38. The van der Waals surface area contributed by atoms with Gasteiger partial charge in [-0.2, -0.15) is 13.2 Å². The number of ether oxygens (including phenoxy) is 1. The van der Waals surface area contributed by atoms with Crippen molar-refractivity contribution in [1.29, 1.82) is 0 Å². The third kappa shape index (κ3) is 3.94. The van der Waals surface area contributed by atoms with Crippen molar-refractivity contribution >= 4 is 17.7 Å². The highest BCUT2D eigenvalue weighted by molar-refractivity contribution is 7.98. The molecule has 3 nitrogen and oxygen atoms in total. The maximum atomic E-state index is 13.0. The van der Waals surface area contributed by atoms with Crippen LogP contribution in [-0.4, -0.2) is 25.3 Å². The maximum absolute atomic E-state index is 13.0. The first kappa shape index (κ1) is 18.0. The van der Waals surface area contributed by atoms with E-state index in [9.17, 15) is 18.0 Å². The summed E-state index contributed by atoms with van der Waals surface area (Å²) >= 11 is 1.10. The summed E-state index contributed by atoms with van der Waals surface area (Å²) < 4.78 is 44.0. The summed E-state index contributed by atoms with van der Waals surface area (Å²) in [5.41, 5.74) is -0.642. The zero-order chi connectivity index (χ0) is 17.2. The van der Waals surface area contributed by atoms with Crippen molar-refractivity contribution in [2.24, 2.45) is 5.92 Å². The molecular weight excluding hydrogens is 327 g/mol. The summed E-state index contributed by atoms with van der Waals surface area (Å²) in [6, 6.07) is 1.94. The molecule has 0 heterocycles. The molecule has 23 heavy (non-hydrogen) atoms. The van der Waals surface area contributed by atoms with Crippen molar-refractivity contribution in [2.45, 2.75) is 43.3 Å². The number of rotatable bonds is 4. The average Bonchev–Trinajstić information content (AvgIpc) is 2.89. The molecular formula is C16H20F3NO2S. The van der Waals surface area contributed by atoms with E-state index in [-0.39, 0.29) is 28.2 Å². The fourth-order valence-electron chi connectivity index (χ4n) is 2.90. The molecule has 0 radical (unpaired) electrons. The molecule has 0 unspecified atom stereocenters. The monoisotopic (exact) mass is 347 g/mol. The Bertz CT molecular complexity index is 564. The SMILES string of the molecule is COc1cc(C(F)(F)F)cc(SC)c1C(=O)N[C@H]1CCC[C@H]1C. The van der Waals surface area contributed by atoms with E-state index in [2.05, 4.69) is 12.2 Å². The van der Waals surface area contributed by atoms with Gasteiger partial charge in [0.1, 0.15) is 5.75 Å². The molecule has 1 aromatic rings. The topological polar surface area (TPSA) is 38.3 Å². The van der Waals surface area contributed by atoms with Crippen LogP contribution in [0.25, 0.3) is 0 Å². The highest BCUT2D eigenvalue weighted by Gasteiger charge is 2.34. The van der Waals surface area contributed by atoms with Crippen LogP contribution >= 0.6 is 11.8 Å². The van der Waals surface area contributed by atoms with Crippen LogP contribution in [0.1, 0.15) is 42.1 Å². The van der Waals surface area contributed by atoms with E-state index in [0.717, 1.165) is 43.2 Å². The van der Waals surface area contributed by atoms with Gasteiger partial charge in [0.2, 0.25) is 0 Å². The number of hydrogen-bond acceptors (Lipinski definition) is 3. The normalized spacial score (nSPS) is 21.3. The first-order chi connectivity index (χ1) is 10.8. The first-order valence-electron chi connectivity index (χ1n) is 7.42. The molecule has 0 bridgehead atoms. The van der Waals surface area contributed by atoms with E-state index in [1.54, 1.807) is 6.26 Å². The van der Waals surface area contributed by atoms with Gasteiger partial charge in [0.15, 0.2) is 0 Å². The van der Waals surface area contributed by atoms with Crippen LogP contribution in [0.3, 0.4) is 0 Å². The number of carbonyl (C=O) groups is 1. The molecule has 1 saturated carbocycles. The lowest BCUT2D eigenvalue weighted by Gasteiger charge is -2.20. The van der Waals surface area contributed by atoms with E-state index >= 15 is 0 Å². The van der Waals surface area contributed by atoms with Gasteiger partial charge in [-0.15, -0.1) is 11.8 Å². The molecule has 128 valence electrons. The zero-order valence-corrected chi connectivity index (χ0v) is 14.1. The Morgan fingerprint density at radius 1 is 1.35 bits per heavy atom. The van der Waals surface area contributed by atoms with Gasteiger partial charge >= 0.3 is 6.18 Å². The van der Waals surface area contributed by atoms with E-state index in [1.165, 1.54) is 7.11 Å². The van der Waals surface area contributed by atoms with Crippen molar-refractivity contribution in [3.63, 3.8) is 0 Å². The van der Waals surface area contributed by atoms with Crippen LogP contribution in [0.5, 0.6) is 5.75 Å². The van der Waals surface area contributed by atoms with Gasteiger partial charge in [0.05, 0.1) is 18.2 Å².